The molecule has 0 bridgehead atoms. The summed E-state index contributed by atoms with van der Waals surface area (Å²) in [6.07, 6.45) is 1.74. The fraction of sp³-hybridized carbons (Fsp3) is 0.533. The normalized spacial score (nSPS) is 15.1. The molecule has 3 heteroatoms. The first-order valence-corrected chi connectivity index (χ1v) is 6.34. The van der Waals surface area contributed by atoms with Gasteiger partial charge >= 0.3 is 5.97 Å². The predicted octanol–water partition coefficient (Wildman–Crippen LogP) is 3.01. The number of rotatable bonds is 5. The number of benzene rings is 1. The molecule has 3 N–H and O–H groups in total. The molecular weight excluding hydrogens is 226 g/mol. The van der Waals surface area contributed by atoms with Crippen LogP contribution in [0.3, 0.4) is 0 Å². The molecule has 18 heavy (non-hydrogen) atoms. The summed E-state index contributed by atoms with van der Waals surface area (Å²) in [6.45, 7) is 6.46. The summed E-state index contributed by atoms with van der Waals surface area (Å²) in [4.78, 5) is 11.1. The van der Waals surface area contributed by atoms with Crippen LogP contribution in [0.25, 0.3) is 0 Å². The van der Waals surface area contributed by atoms with Crippen LogP contribution in [0.4, 0.5) is 0 Å². The van der Waals surface area contributed by atoms with Crippen molar-refractivity contribution in [2.45, 2.75) is 45.6 Å². The Morgan fingerprint density at radius 1 is 1.28 bits per heavy atom. The number of carbonyl (C=O) groups is 1. The molecule has 100 valence electrons. The van der Waals surface area contributed by atoms with Gasteiger partial charge in [-0.2, -0.15) is 0 Å². The summed E-state index contributed by atoms with van der Waals surface area (Å²) in [6, 6.07) is 8.85. The van der Waals surface area contributed by atoms with E-state index in [2.05, 4.69) is 20.8 Å². The molecule has 0 heterocycles. The molecule has 0 aliphatic carbocycles. The second kappa shape index (κ2) is 6.01. The first kappa shape index (κ1) is 14.7. The van der Waals surface area contributed by atoms with E-state index in [1.54, 1.807) is 0 Å². The Kier molecular flexibility index (Phi) is 4.91. The Morgan fingerprint density at radius 3 is 2.28 bits per heavy atom. The topological polar surface area (TPSA) is 63.3 Å². The largest absolute Gasteiger partial charge is 0.480 e. The molecule has 0 aromatic heterocycles. The van der Waals surface area contributed by atoms with Crippen LogP contribution in [0.1, 0.15) is 45.1 Å². The summed E-state index contributed by atoms with van der Waals surface area (Å²) in [5.41, 5.74) is 7.02. The average Bonchev–Trinajstić information content (AvgIpc) is 2.28. The Morgan fingerprint density at radius 2 is 1.83 bits per heavy atom. The van der Waals surface area contributed by atoms with Gasteiger partial charge in [0.1, 0.15) is 6.04 Å². The predicted molar refractivity (Wildman–Crippen MR) is 73.5 cm³/mol. The van der Waals surface area contributed by atoms with E-state index in [1.165, 1.54) is 0 Å². The molecule has 0 radical (unpaired) electrons. The fourth-order valence-electron chi connectivity index (χ4n) is 2.01. The van der Waals surface area contributed by atoms with Crippen molar-refractivity contribution in [2.75, 3.05) is 0 Å². The van der Waals surface area contributed by atoms with Crippen molar-refractivity contribution >= 4 is 5.97 Å². The highest BCUT2D eigenvalue weighted by Gasteiger charge is 2.27. The van der Waals surface area contributed by atoms with Crippen molar-refractivity contribution in [1.82, 2.24) is 0 Å². The van der Waals surface area contributed by atoms with E-state index in [9.17, 15) is 4.79 Å². The zero-order valence-corrected chi connectivity index (χ0v) is 11.4. The van der Waals surface area contributed by atoms with Gasteiger partial charge in [0.05, 0.1) is 0 Å². The highest BCUT2D eigenvalue weighted by molar-refractivity contribution is 5.74. The Bertz CT molecular complexity index is 381. The molecule has 1 rings (SSSR count). The van der Waals surface area contributed by atoms with Gasteiger partial charge in [0.2, 0.25) is 0 Å². The van der Waals surface area contributed by atoms with Gasteiger partial charge in [-0.3, -0.25) is 4.79 Å². The van der Waals surface area contributed by atoms with Crippen LogP contribution in [0.5, 0.6) is 0 Å². The van der Waals surface area contributed by atoms with Crippen molar-refractivity contribution in [3.05, 3.63) is 35.9 Å². The first-order valence-electron chi connectivity index (χ1n) is 6.34. The molecule has 0 fully saturated rings. The fourth-order valence-corrected chi connectivity index (χ4v) is 2.01. The Hall–Kier alpha value is -1.35. The number of carboxylic acid groups (broad SMARTS) is 1. The van der Waals surface area contributed by atoms with Crippen molar-refractivity contribution in [3.63, 3.8) is 0 Å². The molecule has 0 aliphatic rings. The molecule has 0 saturated carbocycles. The summed E-state index contributed by atoms with van der Waals surface area (Å²) in [5.74, 6) is -1.05. The van der Waals surface area contributed by atoms with E-state index in [-0.39, 0.29) is 11.3 Å². The smallest absolute Gasteiger partial charge is 0.321 e. The summed E-state index contributed by atoms with van der Waals surface area (Å²) in [5, 5.41) is 9.12. The molecule has 1 aromatic carbocycles. The van der Waals surface area contributed by atoms with Crippen LogP contribution in [-0.2, 0) is 4.79 Å². The van der Waals surface area contributed by atoms with E-state index in [1.807, 2.05) is 30.3 Å². The van der Waals surface area contributed by atoms with Crippen molar-refractivity contribution in [3.8, 4) is 0 Å². The van der Waals surface area contributed by atoms with Gasteiger partial charge in [0.25, 0.3) is 0 Å². The molecule has 3 nitrogen and oxygen atoms in total. The van der Waals surface area contributed by atoms with Gasteiger partial charge in [-0.05, 0) is 23.8 Å². The maximum atomic E-state index is 11.1. The van der Waals surface area contributed by atoms with Crippen LogP contribution in [0.15, 0.2) is 30.3 Å². The SMILES string of the molecule is CC(C)(C)CCC(c1ccccc1)C(N)C(=O)O. The Labute approximate surface area is 109 Å². The number of nitrogens with two attached hydrogens (primary N) is 1. The molecule has 0 saturated heterocycles. The molecular formula is C15H23NO2. The zero-order valence-electron chi connectivity index (χ0n) is 11.4. The number of hydrogen-bond donors (Lipinski definition) is 2. The minimum Gasteiger partial charge on any atom is -0.480 e. The summed E-state index contributed by atoms with van der Waals surface area (Å²) < 4.78 is 0. The lowest BCUT2D eigenvalue weighted by Crippen LogP contribution is -2.37. The number of hydrogen-bond acceptors (Lipinski definition) is 2. The molecule has 0 aliphatic heterocycles. The first-order chi connectivity index (χ1) is 8.31. The summed E-state index contributed by atoms with van der Waals surface area (Å²) in [7, 11) is 0. The third kappa shape index (κ3) is 4.49. The van der Waals surface area contributed by atoms with Crippen molar-refractivity contribution < 1.29 is 9.90 Å². The number of aliphatic carboxylic acids is 1. The molecule has 0 amide bonds. The highest BCUT2D eigenvalue weighted by Crippen LogP contribution is 2.30. The third-order valence-electron chi connectivity index (χ3n) is 3.15. The second-order valence-electron chi connectivity index (χ2n) is 5.98. The van der Waals surface area contributed by atoms with Gasteiger partial charge < -0.3 is 10.8 Å². The van der Waals surface area contributed by atoms with Crippen LogP contribution < -0.4 is 5.73 Å². The van der Waals surface area contributed by atoms with Crippen molar-refractivity contribution in [2.24, 2.45) is 11.1 Å². The van der Waals surface area contributed by atoms with Gasteiger partial charge in [-0.1, -0.05) is 51.1 Å². The van der Waals surface area contributed by atoms with Gasteiger partial charge in [0, 0.05) is 5.92 Å². The third-order valence-corrected chi connectivity index (χ3v) is 3.15. The maximum absolute atomic E-state index is 11.1. The number of carboxylic acids is 1. The van der Waals surface area contributed by atoms with E-state index in [0.29, 0.717) is 0 Å². The van der Waals surface area contributed by atoms with Crippen molar-refractivity contribution in [1.29, 1.82) is 0 Å². The molecule has 2 unspecified atom stereocenters. The summed E-state index contributed by atoms with van der Waals surface area (Å²) >= 11 is 0. The van der Waals surface area contributed by atoms with Crippen LogP contribution in [0, 0.1) is 5.41 Å². The molecule has 1 aromatic rings. The standard InChI is InChI=1S/C15H23NO2/c1-15(2,3)10-9-12(13(16)14(17)18)11-7-5-4-6-8-11/h4-8,12-13H,9-10,16H2,1-3H3,(H,17,18). The minimum atomic E-state index is -0.933. The molecule has 2 atom stereocenters. The molecule has 0 spiro atoms. The lowest BCUT2D eigenvalue weighted by molar-refractivity contribution is -0.139. The van der Waals surface area contributed by atoms with Gasteiger partial charge in [-0.15, -0.1) is 0 Å². The highest BCUT2D eigenvalue weighted by atomic mass is 16.4. The van der Waals surface area contributed by atoms with E-state index in [4.69, 9.17) is 10.8 Å². The maximum Gasteiger partial charge on any atom is 0.321 e. The average molecular weight is 249 g/mol. The van der Waals surface area contributed by atoms with E-state index >= 15 is 0 Å². The quantitative estimate of drug-likeness (QED) is 0.843. The van der Waals surface area contributed by atoms with E-state index in [0.717, 1.165) is 18.4 Å². The second-order valence-corrected chi connectivity index (χ2v) is 5.98. The zero-order chi connectivity index (χ0) is 13.8. The lowest BCUT2D eigenvalue weighted by atomic mass is 9.81. The van der Waals surface area contributed by atoms with E-state index < -0.39 is 12.0 Å². The van der Waals surface area contributed by atoms with Gasteiger partial charge in [-0.25, -0.2) is 0 Å². The van der Waals surface area contributed by atoms with Gasteiger partial charge in [0.15, 0.2) is 0 Å². The monoisotopic (exact) mass is 249 g/mol. The Balaban J connectivity index is 2.86. The van der Waals surface area contributed by atoms with Crippen LogP contribution in [0.2, 0.25) is 0 Å². The minimum absolute atomic E-state index is 0.122. The van der Waals surface area contributed by atoms with Crippen LogP contribution in [-0.4, -0.2) is 17.1 Å². The lowest BCUT2D eigenvalue weighted by Gasteiger charge is -2.25. The van der Waals surface area contributed by atoms with Crippen LogP contribution >= 0.6 is 0 Å².